The van der Waals surface area contributed by atoms with Crippen molar-refractivity contribution in [1.82, 2.24) is 15.4 Å². The first kappa shape index (κ1) is 23.2. The Hall–Kier alpha value is -2.13. The minimum Gasteiger partial charge on any atom is -0.396 e. The molecule has 158 valence electrons. The van der Waals surface area contributed by atoms with Crippen LogP contribution in [0.4, 0.5) is 0 Å². The normalized spacial score (nSPS) is 13.1. The van der Waals surface area contributed by atoms with Crippen LogP contribution in [0.1, 0.15) is 18.4 Å². The van der Waals surface area contributed by atoms with Crippen molar-refractivity contribution in [1.29, 1.82) is 0 Å². The smallest absolute Gasteiger partial charge is 0.240 e. The van der Waals surface area contributed by atoms with Gasteiger partial charge in [0.05, 0.1) is 18.0 Å². The Morgan fingerprint density at radius 3 is 2.52 bits per heavy atom. The minimum atomic E-state index is -3.63. The van der Waals surface area contributed by atoms with Crippen LogP contribution in [0.5, 0.6) is 0 Å². The van der Waals surface area contributed by atoms with E-state index in [0.29, 0.717) is 30.6 Å². The fourth-order valence-corrected chi connectivity index (χ4v) is 3.95. The molecule has 7 nitrogen and oxygen atoms in total. The van der Waals surface area contributed by atoms with Crippen LogP contribution in [0, 0.1) is 0 Å². The summed E-state index contributed by atoms with van der Waals surface area (Å²) in [5.41, 5.74) is 1.02. The molecule has 0 aliphatic rings. The lowest BCUT2D eigenvalue weighted by molar-refractivity contribution is 0.268. The number of aliphatic hydroxyl groups is 1. The van der Waals surface area contributed by atoms with E-state index in [1.807, 2.05) is 37.3 Å². The molecule has 0 aromatic heterocycles. The molecule has 1 unspecified atom stereocenters. The highest BCUT2D eigenvalue weighted by molar-refractivity contribution is 7.89. The van der Waals surface area contributed by atoms with Crippen LogP contribution < -0.4 is 15.4 Å². The quantitative estimate of drug-likeness (QED) is 0.258. The molecule has 2 rings (SSSR count). The zero-order chi connectivity index (χ0) is 21.1. The lowest BCUT2D eigenvalue weighted by Gasteiger charge is -2.15. The second-order valence-electron chi connectivity index (χ2n) is 6.29. The van der Waals surface area contributed by atoms with Gasteiger partial charge >= 0.3 is 0 Å². The summed E-state index contributed by atoms with van der Waals surface area (Å²) in [6, 6.07) is 15.8. The topological polar surface area (TPSA) is 103 Å². The number of aliphatic imine (C=N–C) groups is 1. The maximum atomic E-state index is 12.3. The van der Waals surface area contributed by atoms with E-state index in [4.69, 9.17) is 11.6 Å². The minimum absolute atomic E-state index is 0.00759. The van der Waals surface area contributed by atoms with E-state index in [0.717, 1.165) is 5.56 Å². The zero-order valence-electron chi connectivity index (χ0n) is 16.3. The number of aliphatic hydroxyl groups excluding tert-OH is 1. The van der Waals surface area contributed by atoms with E-state index in [1.165, 1.54) is 12.1 Å². The Bertz CT molecular complexity index is 892. The van der Waals surface area contributed by atoms with Crippen molar-refractivity contribution in [2.45, 2.75) is 17.7 Å². The molecule has 0 radical (unpaired) electrons. The lowest BCUT2D eigenvalue weighted by Crippen LogP contribution is -2.41. The Labute approximate surface area is 177 Å². The fourth-order valence-electron chi connectivity index (χ4n) is 2.62. The summed E-state index contributed by atoms with van der Waals surface area (Å²) in [7, 11) is -3.63. The van der Waals surface area contributed by atoms with Gasteiger partial charge in [-0.25, -0.2) is 13.1 Å². The Balaban J connectivity index is 1.89. The highest BCUT2D eigenvalue weighted by atomic mass is 35.5. The molecule has 4 N–H and O–H groups in total. The maximum absolute atomic E-state index is 12.3. The van der Waals surface area contributed by atoms with E-state index >= 15 is 0 Å². The molecule has 9 heteroatoms. The van der Waals surface area contributed by atoms with Crippen LogP contribution in [0.25, 0.3) is 0 Å². The highest BCUT2D eigenvalue weighted by Crippen LogP contribution is 2.15. The molecule has 2 aromatic rings. The van der Waals surface area contributed by atoms with E-state index in [1.54, 1.807) is 12.1 Å². The monoisotopic (exact) mass is 438 g/mol. The number of hydrogen-bond acceptors (Lipinski definition) is 4. The number of nitrogens with zero attached hydrogens (tertiary/aromatic N) is 1. The molecule has 0 saturated heterocycles. The molecule has 0 bridgehead atoms. The first-order valence-electron chi connectivity index (χ1n) is 9.39. The molecule has 0 saturated carbocycles. The SMILES string of the molecule is CCNC(=NCC(CO)c1ccccc1)NCCNS(=O)(=O)c1cccc(Cl)c1. The standard InChI is InChI=1S/C20H27ClN4O3S/c1-2-22-20(24-14-17(15-26)16-7-4-3-5-8-16)23-11-12-25-29(27,28)19-10-6-9-18(21)13-19/h3-10,13,17,25-26H,2,11-12,14-15H2,1H3,(H2,22,23,24). The van der Waals surface area contributed by atoms with Gasteiger partial charge in [-0.1, -0.05) is 48.0 Å². The molecular weight excluding hydrogens is 412 g/mol. The summed E-state index contributed by atoms with van der Waals surface area (Å²) in [5.74, 6) is 0.455. The third-order valence-corrected chi connectivity index (χ3v) is 5.82. The maximum Gasteiger partial charge on any atom is 0.240 e. The van der Waals surface area contributed by atoms with Crippen molar-refractivity contribution in [3.05, 3.63) is 65.2 Å². The van der Waals surface area contributed by atoms with Gasteiger partial charge in [0.15, 0.2) is 5.96 Å². The average molecular weight is 439 g/mol. The van der Waals surface area contributed by atoms with E-state index in [-0.39, 0.29) is 24.0 Å². The number of nitrogens with one attached hydrogen (secondary N) is 3. The Kier molecular flexibility index (Phi) is 9.40. The molecule has 0 aliphatic carbocycles. The Morgan fingerprint density at radius 1 is 1.10 bits per heavy atom. The summed E-state index contributed by atoms with van der Waals surface area (Å²) < 4.78 is 27.1. The third-order valence-electron chi connectivity index (χ3n) is 4.12. The molecule has 1 atom stereocenters. The van der Waals surface area contributed by atoms with Crippen LogP contribution in [0.15, 0.2) is 64.5 Å². The summed E-state index contributed by atoms with van der Waals surface area (Å²) >= 11 is 5.86. The molecule has 29 heavy (non-hydrogen) atoms. The molecule has 0 fully saturated rings. The average Bonchev–Trinajstić information content (AvgIpc) is 2.72. The largest absolute Gasteiger partial charge is 0.396 e. The number of benzene rings is 2. The first-order chi connectivity index (χ1) is 14.0. The van der Waals surface area contributed by atoms with Crippen LogP contribution in [0.3, 0.4) is 0 Å². The predicted molar refractivity (Wildman–Crippen MR) is 117 cm³/mol. The lowest BCUT2D eigenvalue weighted by atomic mass is 10.0. The van der Waals surface area contributed by atoms with E-state index in [9.17, 15) is 13.5 Å². The van der Waals surface area contributed by atoms with Crippen LogP contribution >= 0.6 is 11.6 Å². The summed E-state index contributed by atoms with van der Waals surface area (Å²) in [5, 5.41) is 16.2. The van der Waals surface area contributed by atoms with Crippen LogP contribution in [-0.2, 0) is 10.0 Å². The van der Waals surface area contributed by atoms with E-state index < -0.39 is 10.0 Å². The number of rotatable bonds is 10. The Morgan fingerprint density at radius 2 is 1.86 bits per heavy atom. The zero-order valence-corrected chi connectivity index (χ0v) is 17.9. The van der Waals surface area contributed by atoms with Gasteiger partial charge in [-0.05, 0) is 30.7 Å². The number of sulfonamides is 1. The summed E-state index contributed by atoms with van der Waals surface area (Å²) in [6.07, 6.45) is 0. The van der Waals surface area contributed by atoms with Crippen molar-refractivity contribution in [3.8, 4) is 0 Å². The van der Waals surface area contributed by atoms with Crippen molar-refractivity contribution in [2.24, 2.45) is 4.99 Å². The van der Waals surface area contributed by atoms with Gasteiger partial charge in [0.2, 0.25) is 10.0 Å². The van der Waals surface area contributed by atoms with Gasteiger partial charge in [-0.3, -0.25) is 4.99 Å². The van der Waals surface area contributed by atoms with Gasteiger partial charge in [0.25, 0.3) is 0 Å². The number of hydrogen-bond donors (Lipinski definition) is 4. The number of halogens is 1. The molecule has 0 heterocycles. The van der Waals surface area contributed by atoms with Crippen molar-refractivity contribution >= 4 is 27.6 Å². The molecule has 0 aliphatic heterocycles. The first-order valence-corrected chi connectivity index (χ1v) is 11.3. The van der Waals surface area contributed by atoms with Gasteiger partial charge in [-0.2, -0.15) is 0 Å². The van der Waals surface area contributed by atoms with Gasteiger partial charge in [-0.15, -0.1) is 0 Å². The van der Waals surface area contributed by atoms with Gasteiger partial charge in [0.1, 0.15) is 0 Å². The second-order valence-corrected chi connectivity index (χ2v) is 8.50. The molecular formula is C20H27ClN4O3S. The summed E-state index contributed by atoms with van der Waals surface area (Å²) in [6.45, 7) is 3.54. The molecule has 0 spiro atoms. The van der Waals surface area contributed by atoms with Crippen molar-refractivity contribution in [3.63, 3.8) is 0 Å². The van der Waals surface area contributed by atoms with Crippen molar-refractivity contribution in [2.75, 3.05) is 32.8 Å². The second kappa shape index (κ2) is 11.8. The highest BCUT2D eigenvalue weighted by Gasteiger charge is 2.14. The van der Waals surface area contributed by atoms with Crippen molar-refractivity contribution < 1.29 is 13.5 Å². The molecule has 0 amide bonds. The predicted octanol–water partition coefficient (Wildman–Crippen LogP) is 1.95. The van der Waals surface area contributed by atoms with E-state index in [2.05, 4.69) is 20.3 Å². The van der Waals surface area contributed by atoms with Gasteiger partial charge < -0.3 is 15.7 Å². The molecule has 2 aromatic carbocycles. The van der Waals surface area contributed by atoms with Crippen LogP contribution in [-0.4, -0.2) is 52.3 Å². The van der Waals surface area contributed by atoms with Crippen LogP contribution in [0.2, 0.25) is 5.02 Å². The number of guanidine groups is 1. The summed E-state index contributed by atoms with van der Waals surface area (Å²) in [4.78, 5) is 4.63. The van der Waals surface area contributed by atoms with Gasteiger partial charge in [0, 0.05) is 30.6 Å². The third kappa shape index (κ3) is 7.66. The fraction of sp³-hybridized carbons (Fsp3) is 0.350.